The predicted molar refractivity (Wildman–Crippen MR) is 59.3 cm³/mol. The van der Waals surface area contributed by atoms with Crippen LogP contribution in [0.25, 0.3) is 5.69 Å². The number of para-hydroxylation sites is 1. The molecule has 2 rings (SSSR count). The highest BCUT2D eigenvalue weighted by Crippen LogP contribution is 2.15. The van der Waals surface area contributed by atoms with Crippen molar-refractivity contribution in [1.29, 1.82) is 0 Å². The summed E-state index contributed by atoms with van der Waals surface area (Å²) in [5.41, 5.74) is 2.27. The summed E-state index contributed by atoms with van der Waals surface area (Å²) in [7, 11) is 0. The van der Waals surface area contributed by atoms with E-state index in [0.29, 0.717) is 0 Å². The quantitative estimate of drug-likeness (QED) is 0.738. The van der Waals surface area contributed by atoms with E-state index < -0.39 is 0 Å². The van der Waals surface area contributed by atoms with Gasteiger partial charge in [-0.2, -0.15) is 0 Å². The molecule has 1 aromatic heterocycles. The topological polar surface area (TPSA) is 22.0 Å². The summed E-state index contributed by atoms with van der Waals surface area (Å²) in [6.07, 6.45) is 0.945. The van der Waals surface area contributed by atoms with Gasteiger partial charge in [0.1, 0.15) is 0 Å². The van der Waals surface area contributed by atoms with Gasteiger partial charge in [0.15, 0.2) is 0 Å². The van der Waals surface area contributed by atoms with Gasteiger partial charge in [0.2, 0.25) is 0 Å². The lowest BCUT2D eigenvalue weighted by Crippen LogP contribution is -2.11. The minimum atomic E-state index is 0.0518. The Hall–Kier alpha value is -1.35. The van der Waals surface area contributed by atoms with Crippen LogP contribution in [0.2, 0.25) is 0 Å². The van der Waals surface area contributed by atoms with Crippen LogP contribution in [0.5, 0.6) is 0 Å². The van der Waals surface area contributed by atoms with Crippen LogP contribution in [0.15, 0.2) is 40.5 Å². The van der Waals surface area contributed by atoms with E-state index in [4.69, 9.17) is 0 Å². The zero-order chi connectivity index (χ0) is 9.97. The number of benzene rings is 1. The monoisotopic (exact) mass is 205 g/mol. The molecule has 0 fully saturated rings. The van der Waals surface area contributed by atoms with Crippen molar-refractivity contribution < 1.29 is 0 Å². The zero-order valence-electron chi connectivity index (χ0n) is 7.93. The fourth-order valence-electron chi connectivity index (χ4n) is 1.45. The molecule has 0 saturated carbocycles. The Bertz CT molecular complexity index is 484. The highest BCUT2D eigenvalue weighted by Gasteiger charge is 2.04. The first-order valence-corrected chi connectivity index (χ1v) is 5.42. The van der Waals surface area contributed by atoms with Crippen molar-refractivity contribution in [3.8, 4) is 5.69 Å². The van der Waals surface area contributed by atoms with Gasteiger partial charge >= 0.3 is 0 Å². The lowest BCUT2D eigenvalue weighted by molar-refractivity contribution is 1.05. The van der Waals surface area contributed by atoms with Crippen molar-refractivity contribution in [3.63, 3.8) is 0 Å². The first-order valence-electron chi connectivity index (χ1n) is 4.58. The van der Waals surface area contributed by atoms with E-state index in [1.165, 1.54) is 17.1 Å². The maximum absolute atomic E-state index is 11.5. The zero-order valence-corrected chi connectivity index (χ0v) is 8.75. The second kappa shape index (κ2) is 3.80. The molecule has 0 unspecified atom stereocenters. The number of nitrogens with zero attached hydrogens (tertiary/aromatic N) is 1. The largest absolute Gasteiger partial charge is 0.268 e. The smallest absolute Gasteiger partial charge is 0.265 e. The van der Waals surface area contributed by atoms with Crippen molar-refractivity contribution in [1.82, 2.24) is 3.96 Å². The third kappa shape index (κ3) is 1.51. The highest BCUT2D eigenvalue weighted by molar-refractivity contribution is 7.04. The van der Waals surface area contributed by atoms with E-state index >= 15 is 0 Å². The van der Waals surface area contributed by atoms with E-state index in [1.807, 2.05) is 23.6 Å². The molecule has 14 heavy (non-hydrogen) atoms. The van der Waals surface area contributed by atoms with Crippen LogP contribution in [0.3, 0.4) is 0 Å². The van der Waals surface area contributed by atoms with Crippen molar-refractivity contribution in [3.05, 3.63) is 51.6 Å². The maximum Gasteiger partial charge on any atom is 0.265 e. The van der Waals surface area contributed by atoms with Gasteiger partial charge in [0.25, 0.3) is 5.56 Å². The van der Waals surface area contributed by atoms with Gasteiger partial charge in [-0.15, -0.1) is 0 Å². The highest BCUT2D eigenvalue weighted by atomic mass is 32.1. The molecule has 0 aliphatic rings. The van der Waals surface area contributed by atoms with E-state index in [2.05, 4.69) is 13.0 Å². The Morgan fingerprint density at radius 3 is 2.71 bits per heavy atom. The molecule has 0 N–H and O–H groups in total. The van der Waals surface area contributed by atoms with Crippen LogP contribution in [-0.2, 0) is 6.42 Å². The summed E-state index contributed by atoms with van der Waals surface area (Å²) >= 11 is 1.44. The summed E-state index contributed by atoms with van der Waals surface area (Å²) in [5.74, 6) is 0. The molecule has 0 bridgehead atoms. The van der Waals surface area contributed by atoms with Crippen molar-refractivity contribution in [2.75, 3.05) is 0 Å². The fourth-order valence-corrected chi connectivity index (χ4v) is 2.21. The van der Waals surface area contributed by atoms with Gasteiger partial charge in [-0.25, -0.2) is 3.96 Å². The second-order valence-electron chi connectivity index (χ2n) is 3.02. The van der Waals surface area contributed by atoms with Crippen molar-refractivity contribution in [2.45, 2.75) is 13.3 Å². The molecule has 0 radical (unpaired) electrons. The lowest BCUT2D eigenvalue weighted by Gasteiger charge is -2.05. The minimum Gasteiger partial charge on any atom is -0.268 e. The maximum atomic E-state index is 11.5. The molecule has 2 aromatic rings. The van der Waals surface area contributed by atoms with Gasteiger partial charge in [0.05, 0.1) is 5.69 Å². The molecule has 0 amide bonds. The second-order valence-corrected chi connectivity index (χ2v) is 3.87. The number of aryl methyl sites for hydroxylation is 1. The molecular weight excluding hydrogens is 194 g/mol. The number of aromatic nitrogens is 1. The third-order valence-corrected chi connectivity index (χ3v) is 3.01. The van der Waals surface area contributed by atoms with E-state index in [-0.39, 0.29) is 5.56 Å². The standard InChI is InChI=1S/C11H11NOS/c1-2-9-5-3-4-6-10(9)12-11(13)7-8-14-12/h3-8H,2H2,1H3. The van der Waals surface area contributed by atoms with Crippen LogP contribution in [0.4, 0.5) is 0 Å². The molecule has 0 saturated heterocycles. The van der Waals surface area contributed by atoms with Crippen LogP contribution in [0, 0.1) is 0 Å². The van der Waals surface area contributed by atoms with E-state index in [9.17, 15) is 4.79 Å². The average Bonchev–Trinajstić information content (AvgIpc) is 2.64. The number of hydrogen-bond donors (Lipinski definition) is 0. The first-order chi connectivity index (χ1) is 6.83. The molecule has 2 nitrogen and oxygen atoms in total. The van der Waals surface area contributed by atoms with Gasteiger partial charge in [-0.05, 0) is 18.1 Å². The van der Waals surface area contributed by atoms with Gasteiger partial charge < -0.3 is 0 Å². The normalized spacial score (nSPS) is 10.4. The molecule has 3 heteroatoms. The van der Waals surface area contributed by atoms with Crippen molar-refractivity contribution >= 4 is 11.5 Å². The summed E-state index contributed by atoms with van der Waals surface area (Å²) in [6, 6.07) is 9.59. The van der Waals surface area contributed by atoms with Gasteiger partial charge in [-0.3, -0.25) is 4.79 Å². The van der Waals surface area contributed by atoms with Crippen LogP contribution >= 0.6 is 11.5 Å². The number of hydrogen-bond acceptors (Lipinski definition) is 2. The minimum absolute atomic E-state index is 0.0518. The Morgan fingerprint density at radius 1 is 1.29 bits per heavy atom. The molecular formula is C11H11NOS. The predicted octanol–water partition coefficient (Wildman–Crippen LogP) is 2.46. The summed E-state index contributed by atoms with van der Waals surface area (Å²) in [6.45, 7) is 2.09. The van der Waals surface area contributed by atoms with Crippen LogP contribution in [0.1, 0.15) is 12.5 Å². The average molecular weight is 205 g/mol. The summed E-state index contributed by atoms with van der Waals surface area (Å²) < 4.78 is 1.72. The molecule has 0 spiro atoms. The van der Waals surface area contributed by atoms with Crippen LogP contribution < -0.4 is 5.56 Å². The summed E-state index contributed by atoms with van der Waals surface area (Å²) in [4.78, 5) is 11.5. The fraction of sp³-hybridized carbons (Fsp3) is 0.182. The van der Waals surface area contributed by atoms with Crippen LogP contribution in [-0.4, -0.2) is 3.96 Å². The van der Waals surface area contributed by atoms with E-state index in [1.54, 1.807) is 10.0 Å². The van der Waals surface area contributed by atoms with Gasteiger partial charge in [0, 0.05) is 11.4 Å². The molecule has 0 atom stereocenters. The first kappa shape index (κ1) is 9.21. The molecule has 72 valence electrons. The van der Waals surface area contributed by atoms with E-state index in [0.717, 1.165) is 12.1 Å². The molecule has 1 heterocycles. The van der Waals surface area contributed by atoms with Crippen molar-refractivity contribution in [2.24, 2.45) is 0 Å². The number of rotatable bonds is 2. The lowest BCUT2D eigenvalue weighted by atomic mass is 10.1. The molecule has 1 aromatic carbocycles. The molecule has 0 aliphatic carbocycles. The third-order valence-electron chi connectivity index (χ3n) is 2.17. The Balaban J connectivity index is 2.62. The van der Waals surface area contributed by atoms with Gasteiger partial charge in [-0.1, -0.05) is 36.7 Å². The summed E-state index contributed by atoms with van der Waals surface area (Å²) in [5, 5.41) is 1.81. The Labute approximate surface area is 86.6 Å². The molecule has 0 aliphatic heterocycles. The Kier molecular flexibility index (Phi) is 2.50. The Morgan fingerprint density at radius 2 is 2.07 bits per heavy atom. The SMILES string of the molecule is CCc1ccccc1-n1sccc1=O.